The molecule has 1 unspecified atom stereocenters. The number of amides is 2. The fourth-order valence-corrected chi connectivity index (χ4v) is 3.84. The van der Waals surface area contributed by atoms with E-state index in [1.54, 1.807) is 42.4 Å². The first-order valence-electron chi connectivity index (χ1n) is 10.9. The van der Waals surface area contributed by atoms with Crippen LogP contribution in [-0.4, -0.2) is 48.1 Å². The highest BCUT2D eigenvalue weighted by molar-refractivity contribution is 7.80. The zero-order chi connectivity index (χ0) is 23.8. The molecule has 1 saturated heterocycles. The highest BCUT2D eigenvalue weighted by Crippen LogP contribution is 2.28. The SMILES string of the molecule is C=CCN(C(=S)Nc1ccc(OC)cc1)C1CC(=O)N(c2ccc(OCCCC)cc2)C1=O. The van der Waals surface area contributed by atoms with Crippen LogP contribution in [0.1, 0.15) is 26.2 Å². The van der Waals surface area contributed by atoms with E-state index in [0.717, 1.165) is 24.3 Å². The number of carbonyl (C=O) groups is 2. The summed E-state index contributed by atoms with van der Waals surface area (Å²) in [6, 6.07) is 13.6. The van der Waals surface area contributed by atoms with Crippen LogP contribution >= 0.6 is 12.2 Å². The van der Waals surface area contributed by atoms with E-state index >= 15 is 0 Å². The summed E-state index contributed by atoms with van der Waals surface area (Å²) in [5.74, 6) is 0.843. The van der Waals surface area contributed by atoms with Crippen LogP contribution in [0, 0.1) is 0 Å². The van der Waals surface area contributed by atoms with Gasteiger partial charge in [-0.25, -0.2) is 4.90 Å². The maximum Gasteiger partial charge on any atom is 0.257 e. The summed E-state index contributed by atoms with van der Waals surface area (Å²) in [6.45, 7) is 6.83. The summed E-state index contributed by atoms with van der Waals surface area (Å²) in [7, 11) is 1.60. The Balaban J connectivity index is 1.72. The Labute approximate surface area is 200 Å². The van der Waals surface area contributed by atoms with E-state index in [4.69, 9.17) is 21.7 Å². The Morgan fingerprint density at radius 2 is 1.85 bits per heavy atom. The van der Waals surface area contributed by atoms with Crippen molar-refractivity contribution in [1.29, 1.82) is 0 Å². The van der Waals surface area contributed by atoms with Gasteiger partial charge in [0, 0.05) is 12.2 Å². The molecule has 2 aromatic rings. The number of unbranched alkanes of at least 4 members (excludes halogenated alkanes) is 1. The topological polar surface area (TPSA) is 71.1 Å². The molecule has 1 fully saturated rings. The van der Waals surface area contributed by atoms with Crippen molar-refractivity contribution in [3.63, 3.8) is 0 Å². The Hall–Kier alpha value is -3.39. The van der Waals surface area contributed by atoms with Crippen LogP contribution in [0.4, 0.5) is 11.4 Å². The summed E-state index contributed by atoms with van der Waals surface area (Å²) in [6.07, 6.45) is 3.71. The second kappa shape index (κ2) is 11.5. The van der Waals surface area contributed by atoms with Crippen molar-refractivity contribution < 1.29 is 19.1 Å². The highest BCUT2D eigenvalue weighted by atomic mass is 32.1. The van der Waals surface area contributed by atoms with Crippen LogP contribution in [0.3, 0.4) is 0 Å². The fourth-order valence-electron chi connectivity index (χ4n) is 3.52. The molecule has 2 aromatic carbocycles. The summed E-state index contributed by atoms with van der Waals surface area (Å²) in [5, 5.41) is 3.47. The number of imide groups is 1. The van der Waals surface area contributed by atoms with Gasteiger partial charge in [0.05, 0.1) is 25.8 Å². The molecule has 1 atom stereocenters. The lowest BCUT2D eigenvalue weighted by molar-refractivity contribution is -0.122. The Morgan fingerprint density at radius 1 is 1.18 bits per heavy atom. The minimum Gasteiger partial charge on any atom is -0.497 e. The summed E-state index contributed by atoms with van der Waals surface area (Å²) >= 11 is 5.57. The number of anilines is 2. The minimum atomic E-state index is -0.714. The Kier molecular flexibility index (Phi) is 8.43. The quantitative estimate of drug-likeness (QED) is 0.240. The van der Waals surface area contributed by atoms with Crippen molar-refractivity contribution in [3.8, 4) is 11.5 Å². The molecule has 1 aliphatic heterocycles. The van der Waals surface area contributed by atoms with Gasteiger partial charge in [0.15, 0.2) is 5.11 Å². The van der Waals surface area contributed by atoms with Gasteiger partial charge in [0.2, 0.25) is 5.91 Å². The van der Waals surface area contributed by atoms with Crippen LogP contribution in [0.5, 0.6) is 11.5 Å². The smallest absolute Gasteiger partial charge is 0.257 e. The first-order chi connectivity index (χ1) is 16.0. The molecule has 1 aliphatic rings. The van der Waals surface area contributed by atoms with Gasteiger partial charge in [0.25, 0.3) is 5.91 Å². The monoisotopic (exact) mass is 467 g/mol. The Morgan fingerprint density at radius 3 is 2.45 bits per heavy atom. The number of nitrogens with one attached hydrogen (secondary N) is 1. The van der Waals surface area contributed by atoms with Crippen molar-refractivity contribution in [3.05, 3.63) is 61.2 Å². The average molecular weight is 468 g/mol. The van der Waals surface area contributed by atoms with Gasteiger partial charge in [-0.1, -0.05) is 19.4 Å². The molecule has 0 radical (unpaired) electrons. The van der Waals surface area contributed by atoms with Crippen LogP contribution < -0.4 is 19.7 Å². The molecule has 7 nitrogen and oxygen atoms in total. The number of carbonyl (C=O) groups excluding carboxylic acids is 2. The molecule has 33 heavy (non-hydrogen) atoms. The number of methoxy groups -OCH3 is 1. The average Bonchev–Trinajstić information content (AvgIpc) is 3.12. The van der Waals surface area contributed by atoms with E-state index < -0.39 is 6.04 Å². The lowest BCUT2D eigenvalue weighted by Crippen LogP contribution is -2.47. The molecular weight excluding hydrogens is 438 g/mol. The number of rotatable bonds is 10. The third-order valence-electron chi connectivity index (χ3n) is 5.29. The van der Waals surface area contributed by atoms with Crippen molar-refractivity contribution in [2.24, 2.45) is 0 Å². The zero-order valence-corrected chi connectivity index (χ0v) is 19.8. The van der Waals surface area contributed by atoms with Crippen LogP contribution in [0.2, 0.25) is 0 Å². The molecule has 0 aliphatic carbocycles. The molecule has 1 N–H and O–H groups in total. The van der Waals surface area contributed by atoms with E-state index in [9.17, 15) is 9.59 Å². The van der Waals surface area contributed by atoms with E-state index in [1.807, 2.05) is 24.3 Å². The third kappa shape index (κ3) is 5.90. The first-order valence-corrected chi connectivity index (χ1v) is 11.3. The molecule has 0 spiro atoms. The largest absolute Gasteiger partial charge is 0.497 e. The van der Waals surface area contributed by atoms with Crippen molar-refractivity contribution >= 4 is 40.5 Å². The molecule has 2 amide bonds. The van der Waals surface area contributed by atoms with E-state index in [0.29, 0.717) is 29.7 Å². The lowest BCUT2D eigenvalue weighted by atomic mass is 10.2. The van der Waals surface area contributed by atoms with E-state index in [1.165, 1.54) is 4.90 Å². The number of benzene rings is 2. The summed E-state index contributed by atoms with van der Waals surface area (Å²) in [5.41, 5.74) is 1.27. The predicted molar refractivity (Wildman–Crippen MR) is 134 cm³/mol. The normalized spacial score (nSPS) is 15.3. The number of ether oxygens (including phenoxy) is 2. The van der Waals surface area contributed by atoms with Gasteiger partial charge in [-0.3, -0.25) is 9.59 Å². The number of hydrogen-bond donors (Lipinski definition) is 1. The molecule has 1 heterocycles. The van der Waals surface area contributed by atoms with Gasteiger partial charge in [0.1, 0.15) is 17.5 Å². The maximum absolute atomic E-state index is 13.3. The van der Waals surface area contributed by atoms with Crippen LogP contribution in [0.25, 0.3) is 0 Å². The molecule has 3 rings (SSSR count). The van der Waals surface area contributed by atoms with Gasteiger partial charge >= 0.3 is 0 Å². The molecule has 0 aromatic heterocycles. The number of hydrogen-bond acceptors (Lipinski definition) is 5. The number of nitrogens with zero attached hydrogens (tertiary/aromatic N) is 2. The second-order valence-corrected chi connectivity index (χ2v) is 7.97. The minimum absolute atomic E-state index is 0.0336. The third-order valence-corrected chi connectivity index (χ3v) is 5.63. The first kappa shape index (κ1) is 24.3. The summed E-state index contributed by atoms with van der Waals surface area (Å²) < 4.78 is 10.8. The van der Waals surface area contributed by atoms with Gasteiger partial charge in [-0.05, 0) is 67.2 Å². The van der Waals surface area contributed by atoms with E-state index in [-0.39, 0.29) is 18.2 Å². The highest BCUT2D eigenvalue weighted by Gasteiger charge is 2.43. The van der Waals surface area contributed by atoms with Crippen molar-refractivity contribution in [1.82, 2.24) is 4.90 Å². The summed E-state index contributed by atoms with van der Waals surface area (Å²) in [4.78, 5) is 29.0. The van der Waals surface area contributed by atoms with Gasteiger partial charge in [-0.2, -0.15) is 0 Å². The zero-order valence-electron chi connectivity index (χ0n) is 19.0. The molecule has 8 heteroatoms. The number of thiocarbonyl (C=S) groups is 1. The van der Waals surface area contributed by atoms with E-state index in [2.05, 4.69) is 18.8 Å². The van der Waals surface area contributed by atoms with Gasteiger partial charge < -0.3 is 19.7 Å². The van der Waals surface area contributed by atoms with Crippen molar-refractivity contribution in [2.45, 2.75) is 32.2 Å². The molecule has 174 valence electrons. The lowest BCUT2D eigenvalue weighted by Gasteiger charge is -2.29. The maximum atomic E-state index is 13.3. The molecule has 0 bridgehead atoms. The Bertz CT molecular complexity index is 992. The molecular formula is C25H29N3O4S. The van der Waals surface area contributed by atoms with Gasteiger partial charge in [-0.15, -0.1) is 6.58 Å². The molecule has 0 saturated carbocycles. The standard InChI is InChI=1S/C25H29N3O4S/c1-4-6-16-32-21-13-9-19(10-14-21)28-23(29)17-22(24(28)30)27(15-5-2)25(33)26-18-7-11-20(31-3)12-8-18/h5,7-14,22H,2,4,6,15-17H2,1,3H3,(H,26,33). The fraction of sp³-hybridized carbons (Fsp3) is 0.320. The second-order valence-electron chi connectivity index (χ2n) is 7.58. The van der Waals surface area contributed by atoms with Crippen LogP contribution in [-0.2, 0) is 9.59 Å². The van der Waals surface area contributed by atoms with Crippen molar-refractivity contribution in [2.75, 3.05) is 30.5 Å². The predicted octanol–water partition coefficient (Wildman–Crippen LogP) is 4.39. The van der Waals surface area contributed by atoms with Crippen LogP contribution in [0.15, 0.2) is 61.2 Å².